The van der Waals surface area contributed by atoms with Crippen LogP contribution in [0, 0.1) is 12.3 Å². The van der Waals surface area contributed by atoms with Crippen LogP contribution < -0.4 is 5.73 Å². The van der Waals surface area contributed by atoms with Gasteiger partial charge in [0.1, 0.15) is 0 Å². The molecule has 1 rings (SSSR count). The van der Waals surface area contributed by atoms with E-state index >= 15 is 0 Å². The predicted octanol–water partition coefficient (Wildman–Crippen LogP) is 0.110. The van der Waals surface area contributed by atoms with Crippen LogP contribution in [0.2, 0.25) is 0 Å². The summed E-state index contributed by atoms with van der Waals surface area (Å²) in [5.74, 6) is 2.39. The molecular formula is C7H7N3. The molecule has 3 heteroatoms. The van der Waals surface area contributed by atoms with Gasteiger partial charge in [-0.2, -0.15) is 10.2 Å². The summed E-state index contributed by atoms with van der Waals surface area (Å²) in [5.41, 5.74) is 6.31. The summed E-state index contributed by atoms with van der Waals surface area (Å²) in [4.78, 5) is 0. The molecule has 0 aliphatic rings. The first-order chi connectivity index (χ1) is 4.84. The monoisotopic (exact) mass is 133 g/mol. The first-order valence-electron chi connectivity index (χ1n) is 2.83. The Bertz CT molecular complexity index is 237. The molecule has 50 valence electrons. The minimum absolute atomic E-state index is 0.365. The van der Waals surface area contributed by atoms with E-state index in [0.717, 1.165) is 5.56 Å². The van der Waals surface area contributed by atoms with Crippen LogP contribution in [0.1, 0.15) is 11.6 Å². The molecule has 0 bridgehead atoms. The minimum atomic E-state index is -0.365. The van der Waals surface area contributed by atoms with E-state index in [2.05, 4.69) is 16.1 Å². The van der Waals surface area contributed by atoms with Crippen LogP contribution in [0.3, 0.4) is 0 Å². The Balaban J connectivity index is 2.88. The highest BCUT2D eigenvalue weighted by atomic mass is 15.1. The number of hydrogen-bond acceptors (Lipinski definition) is 3. The first kappa shape index (κ1) is 6.72. The Labute approximate surface area is 59.3 Å². The lowest BCUT2D eigenvalue weighted by atomic mass is 10.2. The molecule has 10 heavy (non-hydrogen) atoms. The van der Waals surface area contributed by atoms with E-state index in [1.54, 1.807) is 18.5 Å². The van der Waals surface area contributed by atoms with Gasteiger partial charge >= 0.3 is 0 Å². The summed E-state index contributed by atoms with van der Waals surface area (Å²) in [7, 11) is 0. The van der Waals surface area contributed by atoms with Gasteiger partial charge in [-0.1, -0.05) is 5.92 Å². The number of nitrogens with two attached hydrogens (primary N) is 1. The van der Waals surface area contributed by atoms with Crippen molar-refractivity contribution in [3.05, 3.63) is 24.0 Å². The zero-order chi connectivity index (χ0) is 7.40. The number of terminal acetylenes is 1. The normalized spacial score (nSPS) is 12.0. The minimum Gasteiger partial charge on any atom is -0.314 e. The molecule has 1 atom stereocenters. The molecule has 2 N–H and O–H groups in total. The van der Waals surface area contributed by atoms with Crippen molar-refractivity contribution in [2.45, 2.75) is 6.04 Å². The van der Waals surface area contributed by atoms with Gasteiger partial charge in [-0.15, -0.1) is 6.42 Å². The summed E-state index contributed by atoms with van der Waals surface area (Å²) >= 11 is 0. The third kappa shape index (κ3) is 1.30. The topological polar surface area (TPSA) is 51.8 Å². The van der Waals surface area contributed by atoms with Crippen molar-refractivity contribution in [1.82, 2.24) is 10.2 Å². The Morgan fingerprint density at radius 3 is 2.90 bits per heavy atom. The van der Waals surface area contributed by atoms with E-state index in [-0.39, 0.29) is 6.04 Å². The van der Waals surface area contributed by atoms with Crippen molar-refractivity contribution in [3.63, 3.8) is 0 Å². The van der Waals surface area contributed by atoms with E-state index in [0.29, 0.717) is 0 Å². The highest BCUT2D eigenvalue weighted by Crippen LogP contribution is 2.03. The fraction of sp³-hybridized carbons (Fsp3) is 0.143. The van der Waals surface area contributed by atoms with Crippen molar-refractivity contribution < 1.29 is 0 Å². The largest absolute Gasteiger partial charge is 0.314 e. The Morgan fingerprint density at radius 1 is 1.60 bits per heavy atom. The lowest BCUT2D eigenvalue weighted by molar-refractivity contribution is 0.901. The Hall–Kier alpha value is -1.40. The number of rotatable bonds is 1. The van der Waals surface area contributed by atoms with Gasteiger partial charge < -0.3 is 5.73 Å². The molecule has 1 heterocycles. The van der Waals surface area contributed by atoms with Crippen LogP contribution in [0.5, 0.6) is 0 Å². The van der Waals surface area contributed by atoms with Crippen molar-refractivity contribution >= 4 is 0 Å². The van der Waals surface area contributed by atoms with Crippen molar-refractivity contribution in [2.24, 2.45) is 5.73 Å². The summed E-state index contributed by atoms with van der Waals surface area (Å²) in [6.07, 6.45) is 8.20. The molecule has 3 nitrogen and oxygen atoms in total. The molecule has 0 fully saturated rings. The second-order valence-electron chi connectivity index (χ2n) is 1.82. The molecule has 1 aromatic rings. The molecule has 1 aromatic heterocycles. The maximum absolute atomic E-state index is 5.49. The number of aromatic nitrogens is 2. The smallest absolute Gasteiger partial charge is 0.0934 e. The average molecular weight is 133 g/mol. The van der Waals surface area contributed by atoms with Gasteiger partial charge in [0.05, 0.1) is 12.2 Å². The van der Waals surface area contributed by atoms with Crippen LogP contribution >= 0.6 is 0 Å². The van der Waals surface area contributed by atoms with Gasteiger partial charge in [-0.3, -0.25) is 0 Å². The van der Waals surface area contributed by atoms with Crippen molar-refractivity contribution in [1.29, 1.82) is 0 Å². The second-order valence-corrected chi connectivity index (χ2v) is 1.82. The number of hydrogen-bond donors (Lipinski definition) is 1. The van der Waals surface area contributed by atoms with Crippen LogP contribution in [0.15, 0.2) is 18.5 Å². The van der Waals surface area contributed by atoms with E-state index in [1.807, 2.05) is 0 Å². The maximum atomic E-state index is 5.49. The summed E-state index contributed by atoms with van der Waals surface area (Å²) in [6, 6.07) is 1.38. The highest BCUT2D eigenvalue weighted by Gasteiger charge is 1.98. The number of nitrogens with zero attached hydrogens (tertiary/aromatic N) is 2. The van der Waals surface area contributed by atoms with Gasteiger partial charge in [0.25, 0.3) is 0 Å². The molecule has 0 aromatic carbocycles. The molecule has 0 saturated carbocycles. The third-order valence-electron chi connectivity index (χ3n) is 1.15. The van der Waals surface area contributed by atoms with Gasteiger partial charge in [-0.05, 0) is 6.07 Å². The first-order valence-corrected chi connectivity index (χ1v) is 2.83. The molecular weight excluding hydrogens is 126 g/mol. The summed E-state index contributed by atoms with van der Waals surface area (Å²) in [6.45, 7) is 0. The third-order valence-corrected chi connectivity index (χ3v) is 1.15. The van der Waals surface area contributed by atoms with Crippen LogP contribution in [-0.4, -0.2) is 10.2 Å². The lowest BCUT2D eigenvalue weighted by Gasteiger charge is -2.00. The van der Waals surface area contributed by atoms with Gasteiger partial charge in [0, 0.05) is 11.8 Å². The van der Waals surface area contributed by atoms with Gasteiger partial charge in [0.2, 0.25) is 0 Å². The van der Waals surface area contributed by atoms with E-state index in [9.17, 15) is 0 Å². The molecule has 0 aliphatic heterocycles. The molecule has 0 radical (unpaired) electrons. The fourth-order valence-corrected chi connectivity index (χ4v) is 0.581. The fourth-order valence-electron chi connectivity index (χ4n) is 0.581. The van der Waals surface area contributed by atoms with Crippen LogP contribution in [0.4, 0.5) is 0 Å². The zero-order valence-corrected chi connectivity index (χ0v) is 5.36. The van der Waals surface area contributed by atoms with Gasteiger partial charge in [-0.25, -0.2) is 0 Å². The predicted molar refractivity (Wildman–Crippen MR) is 37.8 cm³/mol. The standard InChI is InChI=1S/C7H7N3/c1-2-7(8)6-3-4-9-10-5-6/h1,3-5,7H,8H2. The Kier molecular flexibility index (Phi) is 1.98. The van der Waals surface area contributed by atoms with Crippen molar-refractivity contribution in [2.75, 3.05) is 0 Å². The highest BCUT2D eigenvalue weighted by molar-refractivity contribution is 5.19. The maximum Gasteiger partial charge on any atom is 0.0934 e. The SMILES string of the molecule is C#CC(N)c1ccnnc1. The van der Waals surface area contributed by atoms with E-state index < -0.39 is 0 Å². The summed E-state index contributed by atoms with van der Waals surface area (Å²) in [5, 5.41) is 7.22. The zero-order valence-electron chi connectivity index (χ0n) is 5.36. The van der Waals surface area contributed by atoms with E-state index in [4.69, 9.17) is 12.2 Å². The molecule has 1 unspecified atom stereocenters. The summed E-state index contributed by atoms with van der Waals surface area (Å²) < 4.78 is 0. The van der Waals surface area contributed by atoms with Crippen molar-refractivity contribution in [3.8, 4) is 12.3 Å². The molecule has 0 aliphatic carbocycles. The molecule has 0 spiro atoms. The van der Waals surface area contributed by atoms with Gasteiger partial charge in [0.15, 0.2) is 0 Å². The molecule has 0 amide bonds. The average Bonchev–Trinajstić information content (AvgIpc) is 2.05. The lowest BCUT2D eigenvalue weighted by Crippen LogP contribution is -2.07. The van der Waals surface area contributed by atoms with Crippen LogP contribution in [-0.2, 0) is 0 Å². The second kappa shape index (κ2) is 2.95. The van der Waals surface area contributed by atoms with Crippen LogP contribution in [0.25, 0.3) is 0 Å². The Morgan fingerprint density at radius 2 is 2.40 bits per heavy atom. The van der Waals surface area contributed by atoms with E-state index in [1.165, 1.54) is 0 Å². The quantitative estimate of drug-likeness (QED) is 0.553. The molecule has 0 saturated heterocycles.